The second-order valence-corrected chi connectivity index (χ2v) is 4.08. The molecular weight excluding hydrogens is 233 g/mol. The van der Waals surface area contributed by atoms with Gasteiger partial charge in [0.25, 0.3) is 0 Å². The van der Waals surface area contributed by atoms with E-state index in [1.165, 1.54) is 12.1 Å². The number of nitriles is 1. The number of carbonyl (C=O) groups excluding carboxylic acids is 1. The van der Waals surface area contributed by atoms with E-state index in [0.29, 0.717) is 30.3 Å². The van der Waals surface area contributed by atoms with Gasteiger partial charge in [-0.2, -0.15) is 5.26 Å². The molecule has 0 unspecified atom stereocenters. The number of halogens is 1. The number of rotatable bonds is 4. The van der Waals surface area contributed by atoms with Crippen LogP contribution in [-0.4, -0.2) is 10.5 Å². The summed E-state index contributed by atoms with van der Waals surface area (Å²) in [6.45, 7) is 0.576. The minimum atomic E-state index is -0.367. The summed E-state index contributed by atoms with van der Waals surface area (Å²) in [4.78, 5) is 10.7. The van der Waals surface area contributed by atoms with Gasteiger partial charge in [0, 0.05) is 30.1 Å². The van der Waals surface area contributed by atoms with E-state index in [4.69, 9.17) is 11.0 Å². The van der Waals surface area contributed by atoms with E-state index in [2.05, 4.69) is 0 Å². The van der Waals surface area contributed by atoms with Crippen LogP contribution in [0.4, 0.5) is 4.39 Å². The Morgan fingerprint density at radius 3 is 2.94 bits per heavy atom. The van der Waals surface area contributed by atoms with Crippen molar-refractivity contribution in [2.45, 2.75) is 19.4 Å². The molecule has 1 amide bonds. The molecule has 0 aliphatic carbocycles. The van der Waals surface area contributed by atoms with Gasteiger partial charge in [-0.15, -0.1) is 0 Å². The standard InChI is InChI=1S/C13H12FN3O/c14-10-3-4-12-11(6-10)9(7-15)8-17(12)5-1-2-13(16)18/h3-4,6,8H,1-2,5H2,(H2,16,18). The molecule has 5 heteroatoms. The van der Waals surface area contributed by atoms with Crippen molar-refractivity contribution < 1.29 is 9.18 Å². The molecule has 0 saturated heterocycles. The van der Waals surface area contributed by atoms with Gasteiger partial charge < -0.3 is 10.3 Å². The fraction of sp³-hybridized carbons (Fsp3) is 0.231. The summed E-state index contributed by atoms with van der Waals surface area (Å²) in [5, 5.41) is 9.59. The van der Waals surface area contributed by atoms with Gasteiger partial charge in [0.15, 0.2) is 0 Å². The molecule has 1 aromatic heterocycles. The summed E-state index contributed by atoms with van der Waals surface area (Å²) in [5.74, 6) is -0.716. The number of benzene rings is 1. The molecule has 92 valence electrons. The molecule has 0 radical (unpaired) electrons. The molecule has 1 aromatic carbocycles. The van der Waals surface area contributed by atoms with Crippen LogP contribution in [0.2, 0.25) is 0 Å². The average Bonchev–Trinajstić information content (AvgIpc) is 2.66. The molecule has 2 N–H and O–H groups in total. The van der Waals surface area contributed by atoms with E-state index < -0.39 is 0 Å². The highest BCUT2D eigenvalue weighted by Gasteiger charge is 2.09. The first-order valence-electron chi connectivity index (χ1n) is 5.58. The van der Waals surface area contributed by atoms with Gasteiger partial charge in [-0.1, -0.05) is 0 Å². The minimum absolute atomic E-state index is 0.294. The molecule has 0 aliphatic rings. The fourth-order valence-corrected chi connectivity index (χ4v) is 1.97. The number of nitrogens with two attached hydrogens (primary N) is 1. The molecule has 2 rings (SSSR count). The quantitative estimate of drug-likeness (QED) is 0.893. The Hall–Kier alpha value is -2.35. The number of primary amides is 1. The second-order valence-electron chi connectivity index (χ2n) is 4.08. The summed E-state index contributed by atoms with van der Waals surface area (Å²) in [6.07, 6.45) is 2.56. The van der Waals surface area contributed by atoms with Crippen molar-refractivity contribution >= 4 is 16.8 Å². The first kappa shape index (κ1) is 12.1. The molecule has 0 aliphatic heterocycles. The topological polar surface area (TPSA) is 71.8 Å². The predicted molar refractivity (Wildman–Crippen MR) is 65.0 cm³/mol. The molecule has 0 saturated carbocycles. The van der Waals surface area contributed by atoms with Crippen molar-refractivity contribution in [1.82, 2.24) is 4.57 Å². The van der Waals surface area contributed by atoms with Crippen LogP contribution in [0.25, 0.3) is 10.9 Å². The fourth-order valence-electron chi connectivity index (χ4n) is 1.97. The van der Waals surface area contributed by atoms with E-state index in [1.54, 1.807) is 12.3 Å². The van der Waals surface area contributed by atoms with E-state index in [-0.39, 0.29) is 11.7 Å². The van der Waals surface area contributed by atoms with Gasteiger partial charge in [-0.25, -0.2) is 4.39 Å². The van der Waals surface area contributed by atoms with Crippen LogP contribution in [-0.2, 0) is 11.3 Å². The van der Waals surface area contributed by atoms with Gasteiger partial charge in [0.2, 0.25) is 5.91 Å². The Morgan fingerprint density at radius 2 is 2.28 bits per heavy atom. The van der Waals surface area contributed by atoms with Crippen molar-refractivity contribution in [2.75, 3.05) is 0 Å². The molecule has 0 spiro atoms. The third-order valence-electron chi connectivity index (χ3n) is 2.79. The lowest BCUT2D eigenvalue weighted by atomic mass is 10.2. The van der Waals surface area contributed by atoms with Gasteiger partial charge in [-0.05, 0) is 24.6 Å². The third kappa shape index (κ3) is 2.33. The van der Waals surface area contributed by atoms with E-state index >= 15 is 0 Å². The van der Waals surface area contributed by atoms with Gasteiger partial charge in [-0.3, -0.25) is 4.79 Å². The highest BCUT2D eigenvalue weighted by atomic mass is 19.1. The molecular formula is C13H12FN3O. The Balaban J connectivity index is 2.34. The van der Waals surface area contributed by atoms with Crippen molar-refractivity contribution in [3.63, 3.8) is 0 Å². The molecule has 2 aromatic rings. The van der Waals surface area contributed by atoms with E-state index in [1.807, 2.05) is 10.6 Å². The number of hydrogen-bond donors (Lipinski definition) is 1. The summed E-state index contributed by atoms with van der Waals surface area (Å²) >= 11 is 0. The lowest BCUT2D eigenvalue weighted by molar-refractivity contribution is -0.118. The monoisotopic (exact) mass is 245 g/mol. The Kier molecular flexibility index (Phi) is 3.28. The smallest absolute Gasteiger partial charge is 0.217 e. The van der Waals surface area contributed by atoms with Crippen molar-refractivity contribution in [2.24, 2.45) is 5.73 Å². The maximum Gasteiger partial charge on any atom is 0.217 e. The Morgan fingerprint density at radius 1 is 1.50 bits per heavy atom. The first-order chi connectivity index (χ1) is 8.61. The number of aromatic nitrogens is 1. The maximum absolute atomic E-state index is 13.1. The summed E-state index contributed by atoms with van der Waals surface area (Å²) < 4.78 is 15.0. The molecule has 4 nitrogen and oxygen atoms in total. The normalized spacial score (nSPS) is 10.4. The van der Waals surface area contributed by atoms with E-state index in [9.17, 15) is 9.18 Å². The number of hydrogen-bond acceptors (Lipinski definition) is 2. The maximum atomic E-state index is 13.1. The van der Waals surface area contributed by atoms with Crippen LogP contribution in [0.3, 0.4) is 0 Å². The zero-order valence-electron chi connectivity index (χ0n) is 9.69. The third-order valence-corrected chi connectivity index (χ3v) is 2.79. The zero-order chi connectivity index (χ0) is 13.1. The first-order valence-corrected chi connectivity index (χ1v) is 5.58. The average molecular weight is 245 g/mol. The SMILES string of the molecule is N#Cc1cn(CCCC(N)=O)c2ccc(F)cc12. The Bertz CT molecular complexity index is 639. The molecule has 0 fully saturated rings. The van der Waals surface area contributed by atoms with Crippen LogP contribution < -0.4 is 5.73 Å². The summed E-state index contributed by atoms with van der Waals surface area (Å²) in [7, 11) is 0. The van der Waals surface area contributed by atoms with Crippen LogP contribution in [0, 0.1) is 17.1 Å². The number of nitrogens with zero attached hydrogens (tertiary/aromatic N) is 2. The number of fused-ring (bicyclic) bond motifs is 1. The minimum Gasteiger partial charge on any atom is -0.370 e. The van der Waals surface area contributed by atoms with Crippen molar-refractivity contribution in [3.05, 3.63) is 35.8 Å². The molecule has 0 atom stereocenters. The highest BCUT2D eigenvalue weighted by molar-refractivity contribution is 5.86. The lowest BCUT2D eigenvalue weighted by Gasteiger charge is -2.03. The van der Waals surface area contributed by atoms with Crippen LogP contribution in [0.1, 0.15) is 18.4 Å². The van der Waals surface area contributed by atoms with Gasteiger partial charge >= 0.3 is 0 Å². The van der Waals surface area contributed by atoms with Gasteiger partial charge in [0.05, 0.1) is 5.56 Å². The van der Waals surface area contributed by atoms with Gasteiger partial charge in [0.1, 0.15) is 11.9 Å². The molecule has 18 heavy (non-hydrogen) atoms. The van der Waals surface area contributed by atoms with Crippen LogP contribution >= 0.6 is 0 Å². The molecule has 0 bridgehead atoms. The molecule has 1 heterocycles. The number of carbonyl (C=O) groups is 1. The summed E-state index contributed by atoms with van der Waals surface area (Å²) in [5.41, 5.74) is 6.29. The predicted octanol–water partition coefficient (Wildman–Crippen LogP) is 1.92. The number of amides is 1. The second kappa shape index (κ2) is 4.88. The number of aryl methyl sites for hydroxylation is 1. The highest BCUT2D eigenvalue weighted by Crippen LogP contribution is 2.22. The van der Waals surface area contributed by atoms with Crippen molar-refractivity contribution in [3.8, 4) is 6.07 Å². The largest absolute Gasteiger partial charge is 0.370 e. The van der Waals surface area contributed by atoms with Crippen molar-refractivity contribution in [1.29, 1.82) is 5.26 Å². The summed E-state index contributed by atoms with van der Waals surface area (Å²) in [6, 6.07) is 6.37. The van der Waals surface area contributed by atoms with Crippen LogP contribution in [0.5, 0.6) is 0 Å². The van der Waals surface area contributed by atoms with E-state index in [0.717, 1.165) is 5.52 Å². The Labute approximate surface area is 103 Å². The van der Waals surface area contributed by atoms with Crippen LogP contribution in [0.15, 0.2) is 24.4 Å². The lowest BCUT2D eigenvalue weighted by Crippen LogP contribution is -2.11. The zero-order valence-corrected chi connectivity index (χ0v) is 9.69.